The predicted octanol–water partition coefficient (Wildman–Crippen LogP) is 4.62. The minimum atomic E-state index is -0.950. The Bertz CT molecular complexity index is 1090. The number of carbonyl (C=O) groups is 2. The van der Waals surface area contributed by atoms with E-state index < -0.39 is 11.4 Å². The van der Waals surface area contributed by atoms with Gasteiger partial charge in [-0.2, -0.15) is 0 Å². The highest BCUT2D eigenvalue weighted by molar-refractivity contribution is 6.00. The zero-order valence-corrected chi connectivity index (χ0v) is 17.0. The molecule has 0 saturated carbocycles. The third-order valence-corrected chi connectivity index (χ3v) is 6.32. The van der Waals surface area contributed by atoms with E-state index in [9.17, 15) is 14.7 Å². The minimum Gasteiger partial charge on any atom is -0.481 e. The normalized spacial score (nSPS) is 16.2. The number of carboxylic acid groups (broad SMARTS) is 1. The van der Waals surface area contributed by atoms with Crippen molar-refractivity contribution in [2.24, 2.45) is 0 Å². The molecule has 1 aromatic heterocycles. The van der Waals surface area contributed by atoms with Gasteiger partial charge in [0.1, 0.15) is 5.58 Å². The van der Waals surface area contributed by atoms with Crippen LogP contribution in [0.4, 0.5) is 0 Å². The molecule has 1 N–H and O–H groups in total. The maximum absolute atomic E-state index is 13.2. The Morgan fingerprint density at radius 3 is 2.17 bits per heavy atom. The van der Waals surface area contributed by atoms with Crippen molar-refractivity contribution in [2.45, 2.75) is 39.0 Å². The summed E-state index contributed by atoms with van der Waals surface area (Å²) in [5.74, 6) is -0.633. The SMILES string of the molecule is Cc1ccc(C)c2c(C)c(C(=O)N3CCC(C(=O)O)(c4ccccc4)CC3)oc12. The molecule has 5 heteroatoms. The third kappa shape index (κ3) is 3.01. The van der Waals surface area contributed by atoms with Crippen molar-refractivity contribution in [3.05, 3.63) is 70.5 Å². The summed E-state index contributed by atoms with van der Waals surface area (Å²) in [6.07, 6.45) is 0.769. The van der Waals surface area contributed by atoms with Crippen LogP contribution in [-0.2, 0) is 10.2 Å². The Balaban J connectivity index is 1.62. The van der Waals surface area contributed by atoms with E-state index in [1.54, 1.807) is 4.90 Å². The number of likely N-dealkylation sites (tertiary alicyclic amines) is 1. The van der Waals surface area contributed by atoms with Crippen molar-refractivity contribution < 1.29 is 19.1 Å². The van der Waals surface area contributed by atoms with Gasteiger partial charge in [-0.05, 0) is 50.3 Å². The molecule has 0 bridgehead atoms. The van der Waals surface area contributed by atoms with E-state index in [0.29, 0.717) is 31.7 Å². The second-order valence-corrected chi connectivity index (χ2v) is 8.01. The Kier molecular flexibility index (Phi) is 4.69. The molecule has 1 aliphatic heterocycles. The Morgan fingerprint density at radius 2 is 1.59 bits per heavy atom. The first-order valence-electron chi connectivity index (χ1n) is 9.92. The highest BCUT2D eigenvalue weighted by Gasteiger charge is 2.44. The van der Waals surface area contributed by atoms with Crippen molar-refractivity contribution >= 4 is 22.8 Å². The predicted molar refractivity (Wildman–Crippen MR) is 111 cm³/mol. The lowest BCUT2D eigenvalue weighted by Gasteiger charge is -2.39. The van der Waals surface area contributed by atoms with E-state index in [4.69, 9.17) is 4.42 Å². The average molecular weight is 391 g/mol. The number of carbonyl (C=O) groups excluding carboxylic acids is 1. The Labute approximate surface area is 169 Å². The Morgan fingerprint density at radius 1 is 0.966 bits per heavy atom. The van der Waals surface area contributed by atoms with Crippen LogP contribution in [0.3, 0.4) is 0 Å². The fourth-order valence-electron chi connectivity index (χ4n) is 4.50. The van der Waals surface area contributed by atoms with Gasteiger partial charge < -0.3 is 14.4 Å². The molecule has 29 heavy (non-hydrogen) atoms. The summed E-state index contributed by atoms with van der Waals surface area (Å²) in [7, 11) is 0. The maximum atomic E-state index is 13.2. The number of nitrogens with zero attached hydrogens (tertiary/aromatic N) is 1. The molecule has 5 nitrogen and oxygen atoms in total. The molecule has 4 rings (SSSR count). The summed E-state index contributed by atoms with van der Waals surface area (Å²) in [6, 6.07) is 13.4. The van der Waals surface area contributed by atoms with E-state index in [1.807, 2.05) is 63.2 Å². The summed E-state index contributed by atoms with van der Waals surface area (Å²) in [5.41, 5.74) is 3.54. The molecule has 3 aromatic rings. The topological polar surface area (TPSA) is 70.8 Å². The largest absolute Gasteiger partial charge is 0.481 e. The van der Waals surface area contributed by atoms with Crippen molar-refractivity contribution in [2.75, 3.05) is 13.1 Å². The number of fused-ring (bicyclic) bond motifs is 1. The molecule has 1 aliphatic rings. The number of piperidine rings is 1. The number of benzene rings is 2. The van der Waals surface area contributed by atoms with Crippen molar-refractivity contribution in [3.8, 4) is 0 Å². The monoisotopic (exact) mass is 391 g/mol. The molecule has 0 spiro atoms. The van der Waals surface area contributed by atoms with Gasteiger partial charge in [0.15, 0.2) is 5.76 Å². The number of aryl methyl sites for hydroxylation is 3. The van der Waals surface area contributed by atoms with E-state index in [1.165, 1.54) is 0 Å². The zero-order valence-electron chi connectivity index (χ0n) is 17.0. The number of aliphatic carboxylic acids is 1. The molecule has 0 aliphatic carbocycles. The summed E-state index contributed by atoms with van der Waals surface area (Å²) in [4.78, 5) is 27.1. The van der Waals surface area contributed by atoms with Gasteiger partial charge >= 0.3 is 5.97 Å². The second-order valence-electron chi connectivity index (χ2n) is 8.01. The number of hydrogen-bond acceptors (Lipinski definition) is 3. The van der Waals surface area contributed by atoms with Crippen LogP contribution in [0, 0.1) is 20.8 Å². The fourth-order valence-corrected chi connectivity index (χ4v) is 4.50. The van der Waals surface area contributed by atoms with Gasteiger partial charge in [0.25, 0.3) is 5.91 Å². The van der Waals surface area contributed by atoms with E-state index in [-0.39, 0.29) is 5.91 Å². The van der Waals surface area contributed by atoms with Crippen molar-refractivity contribution in [3.63, 3.8) is 0 Å². The highest BCUT2D eigenvalue weighted by Crippen LogP contribution is 2.37. The molecule has 150 valence electrons. The molecule has 0 radical (unpaired) electrons. The van der Waals surface area contributed by atoms with Crippen LogP contribution in [0.15, 0.2) is 46.9 Å². The molecule has 2 aromatic carbocycles. The minimum absolute atomic E-state index is 0.162. The first-order valence-corrected chi connectivity index (χ1v) is 9.92. The number of furan rings is 1. The Hall–Kier alpha value is -3.08. The maximum Gasteiger partial charge on any atom is 0.314 e. The number of amides is 1. The molecule has 1 saturated heterocycles. The number of rotatable bonds is 3. The van der Waals surface area contributed by atoms with Gasteiger partial charge in [0.05, 0.1) is 5.41 Å². The summed E-state index contributed by atoms with van der Waals surface area (Å²) in [5, 5.41) is 11.0. The average Bonchev–Trinajstić information content (AvgIpc) is 3.09. The van der Waals surface area contributed by atoms with Crippen molar-refractivity contribution in [1.29, 1.82) is 0 Å². The van der Waals surface area contributed by atoms with Gasteiger partial charge in [-0.25, -0.2) is 0 Å². The number of hydrogen-bond donors (Lipinski definition) is 1. The molecular weight excluding hydrogens is 366 g/mol. The molecule has 2 heterocycles. The highest BCUT2D eigenvalue weighted by atomic mass is 16.4. The smallest absolute Gasteiger partial charge is 0.314 e. The molecule has 0 unspecified atom stereocenters. The lowest BCUT2D eigenvalue weighted by atomic mass is 9.73. The van der Waals surface area contributed by atoms with Crippen LogP contribution in [0.5, 0.6) is 0 Å². The third-order valence-electron chi connectivity index (χ3n) is 6.32. The van der Waals surface area contributed by atoms with Crippen LogP contribution >= 0.6 is 0 Å². The van der Waals surface area contributed by atoms with Gasteiger partial charge in [-0.15, -0.1) is 0 Å². The van der Waals surface area contributed by atoms with Gasteiger partial charge in [0.2, 0.25) is 0 Å². The molecular formula is C24H25NO4. The standard InChI is InChI=1S/C24H25NO4/c1-15-9-10-16(2)20-19(15)17(3)21(29-20)22(26)25-13-11-24(12-14-25,23(27)28)18-7-5-4-6-8-18/h4-10H,11-14H2,1-3H3,(H,27,28). The second kappa shape index (κ2) is 7.07. The van der Waals surface area contributed by atoms with Crippen LogP contribution < -0.4 is 0 Å². The van der Waals surface area contributed by atoms with Crippen LogP contribution in [-0.4, -0.2) is 35.0 Å². The molecule has 1 amide bonds. The van der Waals surface area contributed by atoms with Crippen molar-refractivity contribution in [1.82, 2.24) is 4.90 Å². The van der Waals surface area contributed by atoms with Gasteiger partial charge in [0, 0.05) is 24.0 Å². The van der Waals surface area contributed by atoms with Gasteiger partial charge in [-0.1, -0.05) is 42.5 Å². The van der Waals surface area contributed by atoms with E-state index in [2.05, 4.69) is 0 Å². The van der Waals surface area contributed by atoms with Crippen LogP contribution in [0.1, 0.15) is 45.7 Å². The quantitative estimate of drug-likeness (QED) is 0.707. The summed E-state index contributed by atoms with van der Waals surface area (Å²) < 4.78 is 6.00. The first kappa shape index (κ1) is 19.2. The number of carboxylic acids is 1. The van der Waals surface area contributed by atoms with E-state index >= 15 is 0 Å². The van der Waals surface area contributed by atoms with Gasteiger partial charge in [-0.3, -0.25) is 9.59 Å². The van der Waals surface area contributed by atoms with Crippen LogP contribution in [0.2, 0.25) is 0 Å². The molecule has 0 atom stereocenters. The molecule has 1 fully saturated rings. The summed E-state index contributed by atoms with van der Waals surface area (Å²) >= 11 is 0. The lowest BCUT2D eigenvalue weighted by Crippen LogP contribution is -2.49. The first-order chi connectivity index (χ1) is 13.8. The lowest BCUT2D eigenvalue weighted by molar-refractivity contribution is -0.145. The summed E-state index contributed by atoms with van der Waals surface area (Å²) in [6.45, 7) is 6.67. The van der Waals surface area contributed by atoms with Crippen LogP contribution in [0.25, 0.3) is 11.0 Å². The van der Waals surface area contributed by atoms with E-state index in [0.717, 1.165) is 33.2 Å². The fraction of sp³-hybridized carbons (Fsp3) is 0.333. The zero-order chi connectivity index (χ0) is 20.8.